The molecular formula is C16H19NO6S. The van der Waals surface area contributed by atoms with Crippen LogP contribution in [0.5, 0.6) is 11.5 Å². The third-order valence-electron chi connectivity index (χ3n) is 3.51. The summed E-state index contributed by atoms with van der Waals surface area (Å²) in [6, 6.07) is 4.40. The topological polar surface area (TPSA) is 102 Å². The Labute approximate surface area is 143 Å². The van der Waals surface area contributed by atoms with Crippen molar-refractivity contribution in [2.45, 2.75) is 26.3 Å². The van der Waals surface area contributed by atoms with Crippen LogP contribution < -0.4 is 14.8 Å². The number of rotatable bonds is 7. The van der Waals surface area contributed by atoms with E-state index in [9.17, 15) is 14.4 Å². The molecule has 0 bridgehead atoms. The van der Waals surface area contributed by atoms with Crippen molar-refractivity contribution in [3.8, 4) is 11.5 Å². The second-order valence-corrected chi connectivity index (χ2v) is 6.66. The fraction of sp³-hybridized carbons (Fsp3) is 0.438. The van der Waals surface area contributed by atoms with Crippen molar-refractivity contribution in [1.82, 2.24) is 5.32 Å². The molecule has 0 radical (unpaired) electrons. The minimum atomic E-state index is -1.11. The molecule has 2 rings (SSSR count). The number of ether oxygens (including phenoxy) is 2. The molecule has 1 aliphatic heterocycles. The molecule has 0 saturated heterocycles. The summed E-state index contributed by atoms with van der Waals surface area (Å²) in [5, 5.41) is 11.3. The van der Waals surface area contributed by atoms with Gasteiger partial charge in [0.1, 0.15) is 6.04 Å². The zero-order chi connectivity index (χ0) is 17.7. The Hall–Kier alpha value is -2.22. The lowest BCUT2D eigenvalue weighted by Crippen LogP contribution is -2.43. The van der Waals surface area contributed by atoms with Gasteiger partial charge in [0, 0.05) is 12.7 Å². The highest BCUT2D eigenvalue weighted by atomic mass is 32.2. The van der Waals surface area contributed by atoms with Gasteiger partial charge in [-0.15, -0.1) is 0 Å². The Morgan fingerprint density at radius 2 is 2.00 bits per heavy atom. The normalized spacial score (nSPS) is 14.8. The number of amides is 1. The quantitative estimate of drug-likeness (QED) is 0.765. The van der Waals surface area contributed by atoms with Crippen molar-refractivity contribution in [2.75, 3.05) is 12.5 Å². The Kier molecular flexibility index (Phi) is 6.08. The zero-order valence-electron chi connectivity index (χ0n) is 13.4. The van der Waals surface area contributed by atoms with Crippen LogP contribution in [0.25, 0.3) is 0 Å². The lowest BCUT2D eigenvalue weighted by Gasteiger charge is -2.18. The Bertz CT molecular complexity index is 647. The van der Waals surface area contributed by atoms with Crippen molar-refractivity contribution in [1.29, 1.82) is 0 Å². The number of thioether (sulfide) groups is 1. The average Bonchev–Trinajstić information content (AvgIpc) is 2.98. The number of aliphatic carboxylic acids is 1. The van der Waals surface area contributed by atoms with E-state index >= 15 is 0 Å². The number of fused-ring (bicyclic) bond motifs is 1. The third-order valence-corrected chi connectivity index (χ3v) is 4.48. The molecule has 1 aliphatic rings. The van der Waals surface area contributed by atoms with Gasteiger partial charge in [-0.05, 0) is 31.0 Å². The zero-order valence-corrected chi connectivity index (χ0v) is 14.2. The van der Waals surface area contributed by atoms with E-state index in [4.69, 9.17) is 14.6 Å². The van der Waals surface area contributed by atoms with Crippen LogP contribution in [0.4, 0.5) is 0 Å². The van der Waals surface area contributed by atoms with Crippen molar-refractivity contribution in [3.05, 3.63) is 23.8 Å². The third kappa shape index (κ3) is 4.89. The molecule has 0 saturated carbocycles. The van der Waals surface area contributed by atoms with E-state index in [-0.39, 0.29) is 17.7 Å². The van der Waals surface area contributed by atoms with E-state index in [1.54, 1.807) is 12.1 Å². The number of hydrogen-bond acceptors (Lipinski definition) is 6. The molecule has 1 amide bonds. The first-order valence-electron chi connectivity index (χ1n) is 7.42. The van der Waals surface area contributed by atoms with Gasteiger partial charge < -0.3 is 19.9 Å². The van der Waals surface area contributed by atoms with E-state index in [1.807, 2.05) is 6.07 Å². The number of hydrogen-bond donors (Lipinski definition) is 2. The molecule has 1 unspecified atom stereocenters. The van der Waals surface area contributed by atoms with Gasteiger partial charge in [-0.3, -0.25) is 14.4 Å². The van der Waals surface area contributed by atoms with Gasteiger partial charge in [-0.25, -0.2) is 0 Å². The first-order chi connectivity index (χ1) is 11.4. The predicted molar refractivity (Wildman–Crippen MR) is 88.1 cm³/mol. The second-order valence-electron chi connectivity index (χ2n) is 5.46. The summed E-state index contributed by atoms with van der Waals surface area (Å²) >= 11 is 1.04. The molecule has 2 N–H and O–H groups in total. The molecule has 0 spiro atoms. The molecule has 1 heterocycles. The Morgan fingerprint density at radius 3 is 2.67 bits per heavy atom. The molecule has 130 valence electrons. The van der Waals surface area contributed by atoms with E-state index in [0.29, 0.717) is 17.9 Å². The van der Waals surface area contributed by atoms with Gasteiger partial charge in [0.2, 0.25) is 12.7 Å². The second kappa shape index (κ2) is 8.05. The summed E-state index contributed by atoms with van der Waals surface area (Å²) in [6.45, 7) is 3.00. The molecule has 1 aromatic rings. The lowest BCUT2D eigenvalue weighted by molar-refractivity contribution is -0.141. The van der Waals surface area contributed by atoms with Crippen LogP contribution in [-0.2, 0) is 20.8 Å². The fourth-order valence-electron chi connectivity index (χ4n) is 2.19. The first kappa shape index (κ1) is 18.1. The van der Waals surface area contributed by atoms with E-state index in [1.165, 1.54) is 13.8 Å². The Balaban J connectivity index is 2.08. The Morgan fingerprint density at radius 1 is 1.29 bits per heavy atom. The number of carbonyl (C=O) groups is 3. The van der Waals surface area contributed by atoms with Crippen LogP contribution in [0, 0.1) is 5.92 Å². The molecule has 7 nitrogen and oxygen atoms in total. The van der Waals surface area contributed by atoms with E-state index < -0.39 is 23.8 Å². The largest absolute Gasteiger partial charge is 0.480 e. The maximum Gasteiger partial charge on any atom is 0.325 e. The first-order valence-corrected chi connectivity index (χ1v) is 8.40. The van der Waals surface area contributed by atoms with Crippen LogP contribution in [-0.4, -0.2) is 40.7 Å². The van der Waals surface area contributed by atoms with Gasteiger partial charge in [0.15, 0.2) is 16.6 Å². The number of benzene rings is 1. The van der Waals surface area contributed by atoms with Crippen LogP contribution in [0.1, 0.15) is 19.4 Å². The van der Waals surface area contributed by atoms with Crippen LogP contribution in [0.15, 0.2) is 18.2 Å². The maximum atomic E-state index is 12.4. The summed E-state index contributed by atoms with van der Waals surface area (Å²) in [4.78, 5) is 34.5. The standard InChI is InChI=1S/C16H19NO6S/c1-9(16(20)21)17-15(19)12(7-24-10(2)18)5-11-3-4-13-14(6-11)23-8-22-13/h3-4,6,9,12H,5,7-8H2,1-2H3,(H,17,19)(H,20,21)/t9-,12?/m0/s1. The number of carboxylic acid groups (broad SMARTS) is 1. The molecule has 24 heavy (non-hydrogen) atoms. The highest BCUT2D eigenvalue weighted by molar-refractivity contribution is 8.13. The molecule has 0 aromatic heterocycles. The van der Waals surface area contributed by atoms with Crippen molar-refractivity contribution in [2.24, 2.45) is 5.92 Å². The average molecular weight is 353 g/mol. The van der Waals surface area contributed by atoms with Gasteiger partial charge in [-0.2, -0.15) is 0 Å². The molecule has 0 aliphatic carbocycles. The molecule has 1 aromatic carbocycles. The van der Waals surface area contributed by atoms with Crippen LogP contribution >= 0.6 is 11.8 Å². The number of nitrogens with one attached hydrogen (secondary N) is 1. The van der Waals surface area contributed by atoms with Crippen LogP contribution in [0.3, 0.4) is 0 Å². The number of carboxylic acids is 1. The number of carbonyl (C=O) groups excluding carboxylic acids is 2. The van der Waals surface area contributed by atoms with Gasteiger partial charge in [0.25, 0.3) is 0 Å². The summed E-state index contributed by atoms with van der Waals surface area (Å²) in [5.74, 6) is -0.481. The van der Waals surface area contributed by atoms with Crippen molar-refractivity contribution >= 4 is 28.8 Å². The fourth-order valence-corrected chi connectivity index (χ4v) is 2.90. The van der Waals surface area contributed by atoms with Crippen molar-refractivity contribution < 1.29 is 29.0 Å². The molecule has 8 heteroatoms. The van der Waals surface area contributed by atoms with Gasteiger partial charge in [0.05, 0.1) is 5.92 Å². The van der Waals surface area contributed by atoms with Gasteiger partial charge >= 0.3 is 5.97 Å². The molecular weight excluding hydrogens is 334 g/mol. The minimum Gasteiger partial charge on any atom is -0.480 e. The summed E-state index contributed by atoms with van der Waals surface area (Å²) in [6.07, 6.45) is 0.370. The molecule has 2 atom stereocenters. The summed E-state index contributed by atoms with van der Waals surface area (Å²) in [7, 11) is 0. The smallest absolute Gasteiger partial charge is 0.325 e. The molecule has 0 fully saturated rings. The predicted octanol–water partition coefficient (Wildman–Crippen LogP) is 1.44. The minimum absolute atomic E-state index is 0.0928. The van der Waals surface area contributed by atoms with Crippen LogP contribution in [0.2, 0.25) is 0 Å². The highest BCUT2D eigenvalue weighted by Gasteiger charge is 2.24. The highest BCUT2D eigenvalue weighted by Crippen LogP contribution is 2.33. The lowest BCUT2D eigenvalue weighted by atomic mass is 9.99. The summed E-state index contributed by atoms with van der Waals surface area (Å²) in [5.41, 5.74) is 0.853. The maximum absolute atomic E-state index is 12.4. The van der Waals surface area contributed by atoms with E-state index in [0.717, 1.165) is 17.3 Å². The SMILES string of the molecule is CC(=O)SCC(Cc1ccc2c(c1)OCO2)C(=O)N[C@@H](C)C(=O)O. The summed E-state index contributed by atoms with van der Waals surface area (Å²) < 4.78 is 10.6. The monoisotopic (exact) mass is 353 g/mol. The van der Waals surface area contributed by atoms with Crippen molar-refractivity contribution in [3.63, 3.8) is 0 Å². The van der Waals surface area contributed by atoms with Gasteiger partial charge in [-0.1, -0.05) is 17.8 Å². The van der Waals surface area contributed by atoms with E-state index in [2.05, 4.69) is 5.32 Å².